The molecular weight excluding hydrogens is 320 g/mol. The van der Waals surface area contributed by atoms with E-state index in [1.54, 1.807) is 0 Å². The van der Waals surface area contributed by atoms with Gasteiger partial charge in [0, 0.05) is 37.7 Å². The Morgan fingerprint density at radius 3 is 2.38 bits per heavy atom. The van der Waals surface area contributed by atoms with Crippen molar-refractivity contribution in [3.05, 3.63) is 46.8 Å². The summed E-state index contributed by atoms with van der Waals surface area (Å²) < 4.78 is 0. The number of carbonyl (C=O) groups excluding carboxylic acids is 1. The van der Waals surface area contributed by atoms with Gasteiger partial charge in [-0.05, 0) is 44.0 Å². The topological polar surface area (TPSA) is 58.1 Å². The third-order valence-corrected chi connectivity index (χ3v) is 4.37. The molecule has 0 aliphatic rings. The lowest BCUT2D eigenvalue weighted by atomic mass is 10.1. The summed E-state index contributed by atoms with van der Waals surface area (Å²) in [5.74, 6) is 0.301. The molecule has 1 aromatic carbocycles. The summed E-state index contributed by atoms with van der Waals surface area (Å²) in [6.07, 6.45) is 0. The average Bonchev–Trinajstić information content (AvgIpc) is 2.49. The Kier molecular flexibility index (Phi) is 6.20. The third-order valence-electron chi connectivity index (χ3n) is 3.53. The molecule has 0 radical (unpaired) electrons. The number of hydrogen-bond acceptors (Lipinski definition) is 5. The van der Waals surface area contributed by atoms with Crippen LogP contribution in [0.2, 0.25) is 0 Å². The zero-order valence-electron chi connectivity index (χ0n) is 14.9. The van der Waals surface area contributed by atoms with Crippen LogP contribution in [0.15, 0.2) is 29.4 Å². The van der Waals surface area contributed by atoms with Crippen molar-refractivity contribution in [2.24, 2.45) is 0 Å². The van der Waals surface area contributed by atoms with Crippen molar-refractivity contribution in [2.45, 2.75) is 32.5 Å². The number of rotatable bonds is 6. The van der Waals surface area contributed by atoms with E-state index in [0.29, 0.717) is 17.5 Å². The van der Waals surface area contributed by atoms with E-state index in [1.807, 2.05) is 40.1 Å². The highest BCUT2D eigenvalue weighted by molar-refractivity contribution is 7.99. The van der Waals surface area contributed by atoms with Crippen LogP contribution in [0.1, 0.15) is 22.5 Å². The molecule has 0 fully saturated rings. The normalized spacial score (nSPS) is 10.5. The van der Waals surface area contributed by atoms with Gasteiger partial charge in [0.25, 0.3) is 0 Å². The highest BCUT2D eigenvalue weighted by Gasteiger charge is 2.07. The van der Waals surface area contributed by atoms with Crippen LogP contribution < -0.4 is 10.2 Å². The van der Waals surface area contributed by atoms with E-state index in [0.717, 1.165) is 17.0 Å². The van der Waals surface area contributed by atoms with E-state index < -0.39 is 0 Å². The second kappa shape index (κ2) is 8.15. The van der Waals surface area contributed by atoms with Gasteiger partial charge in [-0.3, -0.25) is 4.79 Å². The van der Waals surface area contributed by atoms with E-state index in [1.165, 1.54) is 23.0 Å². The van der Waals surface area contributed by atoms with Crippen LogP contribution in [-0.4, -0.2) is 35.7 Å². The molecule has 0 saturated carbocycles. The Morgan fingerprint density at radius 1 is 1.12 bits per heavy atom. The second-order valence-electron chi connectivity index (χ2n) is 6.01. The molecule has 2 rings (SSSR count). The molecule has 24 heavy (non-hydrogen) atoms. The quantitative estimate of drug-likeness (QED) is 0.645. The van der Waals surface area contributed by atoms with Gasteiger partial charge in [0.2, 0.25) is 5.91 Å². The molecule has 5 nitrogen and oxygen atoms in total. The maximum Gasteiger partial charge on any atom is 0.230 e. The Labute approximate surface area is 147 Å². The molecule has 0 atom stereocenters. The number of nitrogens with one attached hydrogen (secondary N) is 1. The van der Waals surface area contributed by atoms with Gasteiger partial charge >= 0.3 is 0 Å². The van der Waals surface area contributed by atoms with Crippen LogP contribution in [0.3, 0.4) is 0 Å². The Bertz CT molecular complexity index is 711. The van der Waals surface area contributed by atoms with Crippen molar-refractivity contribution < 1.29 is 4.79 Å². The zero-order chi connectivity index (χ0) is 17.7. The van der Waals surface area contributed by atoms with Crippen LogP contribution in [0.25, 0.3) is 0 Å². The molecular formula is C18H24N4OS. The van der Waals surface area contributed by atoms with Gasteiger partial charge in [-0.2, -0.15) is 0 Å². The average molecular weight is 344 g/mol. The SMILES string of the molecule is Cc1cc(C)nc(SCC(=O)NCc2ccc(N(C)C)c(C)c2)n1. The first-order valence-electron chi connectivity index (χ1n) is 7.84. The molecule has 0 saturated heterocycles. The highest BCUT2D eigenvalue weighted by Crippen LogP contribution is 2.19. The molecule has 0 bridgehead atoms. The maximum atomic E-state index is 12.0. The van der Waals surface area contributed by atoms with Crippen molar-refractivity contribution in [1.29, 1.82) is 0 Å². The smallest absolute Gasteiger partial charge is 0.230 e. The van der Waals surface area contributed by atoms with Gasteiger partial charge in [0.05, 0.1) is 5.75 Å². The van der Waals surface area contributed by atoms with Crippen LogP contribution in [-0.2, 0) is 11.3 Å². The summed E-state index contributed by atoms with van der Waals surface area (Å²) in [5, 5.41) is 3.59. The number of carbonyl (C=O) groups is 1. The molecule has 2 aromatic rings. The molecule has 1 heterocycles. The molecule has 0 aliphatic heterocycles. The molecule has 1 amide bonds. The Balaban J connectivity index is 1.86. The van der Waals surface area contributed by atoms with Gasteiger partial charge in [-0.25, -0.2) is 9.97 Å². The maximum absolute atomic E-state index is 12.0. The van der Waals surface area contributed by atoms with Crippen molar-refractivity contribution in [3.8, 4) is 0 Å². The molecule has 0 spiro atoms. The monoisotopic (exact) mass is 344 g/mol. The zero-order valence-corrected chi connectivity index (χ0v) is 15.7. The number of hydrogen-bond donors (Lipinski definition) is 1. The van der Waals surface area contributed by atoms with Crippen molar-refractivity contribution in [2.75, 3.05) is 24.7 Å². The van der Waals surface area contributed by atoms with Crippen LogP contribution in [0, 0.1) is 20.8 Å². The van der Waals surface area contributed by atoms with E-state index in [4.69, 9.17) is 0 Å². The van der Waals surface area contributed by atoms with Gasteiger partial charge in [0.1, 0.15) is 0 Å². The summed E-state index contributed by atoms with van der Waals surface area (Å²) in [6.45, 7) is 6.46. The van der Waals surface area contributed by atoms with E-state index in [2.05, 4.69) is 39.2 Å². The number of aromatic nitrogens is 2. The lowest BCUT2D eigenvalue weighted by molar-refractivity contribution is -0.118. The van der Waals surface area contributed by atoms with Gasteiger partial charge in [-0.15, -0.1) is 0 Å². The molecule has 1 aromatic heterocycles. The van der Waals surface area contributed by atoms with Crippen molar-refractivity contribution >= 4 is 23.4 Å². The predicted molar refractivity (Wildman–Crippen MR) is 99.6 cm³/mol. The predicted octanol–water partition coefficient (Wildman–Crippen LogP) is 2.88. The Morgan fingerprint density at radius 2 is 1.79 bits per heavy atom. The fraction of sp³-hybridized carbons (Fsp3) is 0.389. The first-order chi connectivity index (χ1) is 11.3. The molecule has 0 aliphatic carbocycles. The minimum atomic E-state index is -0.0166. The summed E-state index contributed by atoms with van der Waals surface area (Å²) in [5.41, 5.74) is 5.32. The standard InChI is InChI=1S/C18H24N4OS/c1-12-8-15(6-7-16(12)22(4)5)10-19-17(23)11-24-18-20-13(2)9-14(3)21-18/h6-9H,10-11H2,1-5H3,(H,19,23). The molecule has 1 N–H and O–H groups in total. The minimum absolute atomic E-state index is 0.0166. The fourth-order valence-electron chi connectivity index (χ4n) is 2.47. The molecule has 6 heteroatoms. The van der Waals surface area contributed by atoms with Gasteiger partial charge in [-0.1, -0.05) is 23.9 Å². The number of benzene rings is 1. The van der Waals surface area contributed by atoms with Gasteiger partial charge in [0.15, 0.2) is 5.16 Å². The lowest BCUT2D eigenvalue weighted by Gasteiger charge is -2.16. The first kappa shape index (κ1) is 18.3. The van der Waals surface area contributed by atoms with Crippen molar-refractivity contribution in [3.63, 3.8) is 0 Å². The lowest BCUT2D eigenvalue weighted by Crippen LogP contribution is -2.24. The highest BCUT2D eigenvalue weighted by atomic mass is 32.2. The summed E-state index contributed by atoms with van der Waals surface area (Å²) in [4.78, 5) is 22.8. The molecule has 0 unspecified atom stereocenters. The first-order valence-corrected chi connectivity index (χ1v) is 8.82. The largest absolute Gasteiger partial charge is 0.377 e. The number of aryl methyl sites for hydroxylation is 3. The number of thioether (sulfide) groups is 1. The van der Waals surface area contributed by atoms with E-state index >= 15 is 0 Å². The number of anilines is 1. The molecule has 128 valence electrons. The van der Waals surface area contributed by atoms with Crippen LogP contribution in [0.5, 0.6) is 0 Å². The summed E-state index contributed by atoms with van der Waals surface area (Å²) in [7, 11) is 4.05. The van der Waals surface area contributed by atoms with Crippen molar-refractivity contribution in [1.82, 2.24) is 15.3 Å². The Hall–Kier alpha value is -2.08. The van der Waals surface area contributed by atoms with Crippen LogP contribution >= 0.6 is 11.8 Å². The fourth-order valence-corrected chi connectivity index (χ4v) is 3.25. The number of nitrogens with zero attached hydrogens (tertiary/aromatic N) is 3. The summed E-state index contributed by atoms with van der Waals surface area (Å²) in [6, 6.07) is 8.15. The minimum Gasteiger partial charge on any atom is -0.377 e. The second-order valence-corrected chi connectivity index (χ2v) is 6.96. The van der Waals surface area contributed by atoms with Gasteiger partial charge < -0.3 is 10.2 Å². The van der Waals surface area contributed by atoms with Crippen LogP contribution in [0.4, 0.5) is 5.69 Å². The third kappa shape index (κ3) is 5.23. The number of amides is 1. The van der Waals surface area contributed by atoms with E-state index in [-0.39, 0.29) is 5.91 Å². The van der Waals surface area contributed by atoms with E-state index in [9.17, 15) is 4.79 Å². The summed E-state index contributed by atoms with van der Waals surface area (Å²) >= 11 is 1.36.